The Bertz CT molecular complexity index is 560. The fourth-order valence-electron chi connectivity index (χ4n) is 1.59. The Morgan fingerprint density at radius 3 is 2.90 bits per heavy atom. The monoisotopic (exact) mass is 272 g/mol. The summed E-state index contributed by atoms with van der Waals surface area (Å²) in [6, 6.07) is 6.87. The summed E-state index contributed by atoms with van der Waals surface area (Å²) in [5, 5.41) is 5.45. The van der Waals surface area contributed by atoms with Crippen molar-refractivity contribution in [2.75, 3.05) is 11.9 Å². The van der Waals surface area contributed by atoms with E-state index >= 15 is 0 Å². The van der Waals surface area contributed by atoms with Gasteiger partial charge >= 0.3 is 6.03 Å². The van der Waals surface area contributed by atoms with Gasteiger partial charge in [0, 0.05) is 25.1 Å². The van der Waals surface area contributed by atoms with Gasteiger partial charge in [0.2, 0.25) is 5.88 Å². The molecule has 20 heavy (non-hydrogen) atoms. The van der Waals surface area contributed by atoms with Crippen molar-refractivity contribution in [3.8, 4) is 5.88 Å². The third kappa shape index (κ3) is 3.94. The molecule has 2 aromatic rings. The van der Waals surface area contributed by atoms with Crippen LogP contribution in [0.3, 0.4) is 0 Å². The number of nitrogens with zero attached hydrogens (tertiary/aromatic N) is 2. The summed E-state index contributed by atoms with van der Waals surface area (Å²) >= 11 is 0. The van der Waals surface area contributed by atoms with Crippen molar-refractivity contribution in [2.45, 2.75) is 13.5 Å². The molecule has 2 aromatic heterocycles. The van der Waals surface area contributed by atoms with E-state index in [1.54, 1.807) is 30.7 Å². The van der Waals surface area contributed by atoms with Crippen LogP contribution < -0.4 is 15.4 Å². The van der Waals surface area contributed by atoms with Crippen LogP contribution in [0.15, 0.2) is 42.9 Å². The fourth-order valence-corrected chi connectivity index (χ4v) is 1.59. The topological polar surface area (TPSA) is 76.1 Å². The first-order valence-electron chi connectivity index (χ1n) is 6.31. The second kappa shape index (κ2) is 7.08. The summed E-state index contributed by atoms with van der Waals surface area (Å²) in [6.07, 6.45) is 5.01. The van der Waals surface area contributed by atoms with Crippen LogP contribution in [0, 0.1) is 0 Å². The van der Waals surface area contributed by atoms with Crippen LogP contribution in [0.5, 0.6) is 5.88 Å². The van der Waals surface area contributed by atoms with Crippen LogP contribution in [0.1, 0.15) is 12.5 Å². The largest absolute Gasteiger partial charge is 0.476 e. The standard InChI is InChI=1S/C14H16N4O2/c1-2-20-13-12(6-4-8-16-13)18-14(19)17-10-11-5-3-7-15-9-11/h3-9H,2,10H2,1H3,(H2,17,18,19). The Morgan fingerprint density at radius 1 is 1.30 bits per heavy atom. The third-order valence-corrected chi connectivity index (χ3v) is 2.48. The van der Waals surface area contributed by atoms with Crippen LogP contribution in [-0.4, -0.2) is 22.6 Å². The highest BCUT2D eigenvalue weighted by molar-refractivity contribution is 5.90. The maximum absolute atomic E-state index is 11.8. The van der Waals surface area contributed by atoms with Gasteiger partial charge < -0.3 is 15.4 Å². The summed E-state index contributed by atoms with van der Waals surface area (Å²) in [4.78, 5) is 19.9. The number of nitrogens with one attached hydrogen (secondary N) is 2. The zero-order valence-electron chi connectivity index (χ0n) is 11.2. The smallest absolute Gasteiger partial charge is 0.319 e. The number of hydrogen-bond donors (Lipinski definition) is 2. The number of rotatable bonds is 5. The zero-order valence-corrected chi connectivity index (χ0v) is 11.2. The number of carbonyl (C=O) groups is 1. The van der Waals surface area contributed by atoms with Crippen molar-refractivity contribution in [3.05, 3.63) is 48.4 Å². The van der Waals surface area contributed by atoms with Crippen molar-refractivity contribution in [1.29, 1.82) is 0 Å². The number of ether oxygens (including phenoxy) is 1. The van der Waals surface area contributed by atoms with Crippen LogP contribution in [0.25, 0.3) is 0 Å². The van der Waals surface area contributed by atoms with E-state index in [1.807, 2.05) is 19.1 Å². The molecule has 0 bridgehead atoms. The van der Waals surface area contributed by atoms with Gasteiger partial charge in [-0.2, -0.15) is 0 Å². The Labute approximate surface area is 117 Å². The zero-order chi connectivity index (χ0) is 14.2. The van der Waals surface area contributed by atoms with Crippen LogP contribution in [0.4, 0.5) is 10.5 Å². The van der Waals surface area contributed by atoms with E-state index in [2.05, 4.69) is 20.6 Å². The SMILES string of the molecule is CCOc1ncccc1NC(=O)NCc1cccnc1. The minimum absolute atomic E-state index is 0.317. The first-order valence-corrected chi connectivity index (χ1v) is 6.31. The van der Waals surface area contributed by atoms with Gasteiger partial charge in [-0.05, 0) is 30.7 Å². The lowest BCUT2D eigenvalue weighted by molar-refractivity contribution is 0.251. The maximum Gasteiger partial charge on any atom is 0.319 e. The van der Waals surface area contributed by atoms with Gasteiger partial charge in [0.05, 0.1) is 6.61 Å². The van der Waals surface area contributed by atoms with Crippen LogP contribution in [-0.2, 0) is 6.54 Å². The normalized spacial score (nSPS) is 9.85. The van der Waals surface area contributed by atoms with E-state index in [0.717, 1.165) is 5.56 Å². The molecule has 0 aliphatic rings. The van der Waals surface area contributed by atoms with Crippen LogP contribution >= 0.6 is 0 Å². The molecule has 2 rings (SSSR count). The molecule has 0 saturated carbocycles. The van der Waals surface area contributed by atoms with Crippen molar-refractivity contribution >= 4 is 11.7 Å². The van der Waals surface area contributed by atoms with Gasteiger partial charge in [-0.3, -0.25) is 4.98 Å². The second-order valence-electron chi connectivity index (χ2n) is 3.96. The lowest BCUT2D eigenvalue weighted by atomic mass is 10.3. The molecule has 0 atom stereocenters. The molecule has 0 radical (unpaired) electrons. The second-order valence-corrected chi connectivity index (χ2v) is 3.96. The number of urea groups is 1. The summed E-state index contributed by atoms with van der Waals surface area (Å²) in [7, 11) is 0. The molecule has 6 heteroatoms. The van der Waals surface area contributed by atoms with E-state index in [1.165, 1.54) is 0 Å². The number of anilines is 1. The molecule has 0 aliphatic heterocycles. The molecule has 2 N–H and O–H groups in total. The average Bonchev–Trinajstić information content (AvgIpc) is 2.49. The number of pyridine rings is 2. The molecular weight excluding hydrogens is 256 g/mol. The Balaban J connectivity index is 1.91. The van der Waals surface area contributed by atoms with Gasteiger partial charge in [0.25, 0.3) is 0 Å². The van der Waals surface area contributed by atoms with E-state index in [9.17, 15) is 4.79 Å². The number of aromatic nitrogens is 2. The van der Waals surface area contributed by atoms with Crippen molar-refractivity contribution < 1.29 is 9.53 Å². The van der Waals surface area contributed by atoms with Gasteiger partial charge in [0.15, 0.2) is 0 Å². The molecular formula is C14H16N4O2. The quantitative estimate of drug-likeness (QED) is 0.874. The molecule has 0 spiro atoms. The van der Waals surface area contributed by atoms with Gasteiger partial charge in [-0.25, -0.2) is 9.78 Å². The average molecular weight is 272 g/mol. The van der Waals surface area contributed by atoms with E-state index in [-0.39, 0.29) is 6.03 Å². The van der Waals surface area contributed by atoms with Gasteiger partial charge in [-0.15, -0.1) is 0 Å². The molecule has 0 fully saturated rings. The van der Waals surface area contributed by atoms with Crippen molar-refractivity contribution in [3.63, 3.8) is 0 Å². The van der Waals surface area contributed by atoms with E-state index in [4.69, 9.17) is 4.74 Å². The Hall–Kier alpha value is -2.63. The fraction of sp³-hybridized carbons (Fsp3) is 0.214. The van der Waals surface area contributed by atoms with Crippen LogP contribution in [0.2, 0.25) is 0 Å². The van der Waals surface area contributed by atoms with E-state index < -0.39 is 0 Å². The van der Waals surface area contributed by atoms with Gasteiger partial charge in [0.1, 0.15) is 5.69 Å². The molecule has 0 saturated heterocycles. The summed E-state index contributed by atoms with van der Waals surface area (Å²) in [5.74, 6) is 0.409. The Morgan fingerprint density at radius 2 is 2.15 bits per heavy atom. The van der Waals surface area contributed by atoms with Crippen molar-refractivity contribution in [1.82, 2.24) is 15.3 Å². The molecule has 6 nitrogen and oxygen atoms in total. The highest BCUT2D eigenvalue weighted by atomic mass is 16.5. The lowest BCUT2D eigenvalue weighted by Gasteiger charge is -2.10. The van der Waals surface area contributed by atoms with E-state index in [0.29, 0.717) is 24.7 Å². The third-order valence-electron chi connectivity index (χ3n) is 2.48. The molecule has 0 unspecified atom stereocenters. The number of amides is 2. The van der Waals surface area contributed by atoms with Crippen molar-refractivity contribution in [2.24, 2.45) is 0 Å². The molecule has 2 heterocycles. The highest BCUT2D eigenvalue weighted by Gasteiger charge is 2.07. The van der Waals surface area contributed by atoms with Gasteiger partial charge in [-0.1, -0.05) is 6.07 Å². The molecule has 0 aliphatic carbocycles. The number of carbonyl (C=O) groups excluding carboxylic acids is 1. The summed E-state index contributed by atoms with van der Waals surface area (Å²) in [5.41, 5.74) is 1.47. The summed E-state index contributed by atoms with van der Waals surface area (Å²) < 4.78 is 5.34. The predicted molar refractivity (Wildman–Crippen MR) is 75.5 cm³/mol. The molecule has 0 aromatic carbocycles. The maximum atomic E-state index is 11.8. The summed E-state index contributed by atoms with van der Waals surface area (Å²) in [6.45, 7) is 2.76. The lowest BCUT2D eigenvalue weighted by Crippen LogP contribution is -2.28. The minimum atomic E-state index is -0.317. The molecule has 2 amide bonds. The first-order chi connectivity index (χ1) is 9.79. The minimum Gasteiger partial charge on any atom is -0.476 e. The number of hydrogen-bond acceptors (Lipinski definition) is 4. The predicted octanol–water partition coefficient (Wildman–Crippen LogP) is 2.20. The first kappa shape index (κ1) is 13.8. The Kier molecular flexibility index (Phi) is 4.88. The highest BCUT2D eigenvalue weighted by Crippen LogP contribution is 2.20. The molecule has 104 valence electrons.